The van der Waals surface area contributed by atoms with Crippen LogP contribution in [0.5, 0.6) is 11.5 Å². The van der Waals surface area contributed by atoms with Crippen molar-refractivity contribution in [2.75, 3.05) is 17.2 Å². The lowest BCUT2D eigenvalue weighted by molar-refractivity contribution is -0.116. The third-order valence-electron chi connectivity index (χ3n) is 6.26. The number of ether oxygens (including phenoxy) is 1. The van der Waals surface area contributed by atoms with Crippen LogP contribution in [0.1, 0.15) is 42.9 Å². The number of nitrogens with one attached hydrogen (secondary N) is 2. The molecular formula is C27H25BrN2O3. The van der Waals surface area contributed by atoms with Gasteiger partial charge in [0.2, 0.25) is 0 Å². The molecule has 0 saturated carbocycles. The number of hydrogen-bond acceptors (Lipinski definition) is 5. The predicted octanol–water partition coefficient (Wildman–Crippen LogP) is 6.53. The number of fused-ring (bicyclic) bond motifs is 1. The van der Waals surface area contributed by atoms with Crippen LogP contribution in [-0.2, 0) is 4.79 Å². The second-order valence-corrected chi connectivity index (χ2v) is 9.22. The van der Waals surface area contributed by atoms with Crippen molar-refractivity contribution in [3.05, 3.63) is 93.6 Å². The van der Waals surface area contributed by atoms with Crippen molar-refractivity contribution in [1.29, 1.82) is 0 Å². The van der Waals surface area contributed by atoms with Gasteiger partial charge in [-0.25, -0.2) is 0 Å². The number of phenols is 1. The van der Waals surface area contributed by atoms with Crippen molar-refractivity contribution in [1.82, 2.24) is 0 Å². The first kappa shape index (κ1) is 21.6. The fraction of sp³-hybridized carbons (Fsp3) is 0.222. The molecule has 0 fully saturated rings. The summed E-state index contributed by atoms with van der Waals surface area (Å²) < 4.78 is 6.19. The molecule has 0 radical (unpaired) electrons. The number of ketones is 1. The van der Waals surface area contributed by atoms with E-state index < -0.39 is 0 Å². The summed E-state index contributed by atoms with van der Waals surface area (Å²) in [5.74, 6) is 0.689. The van der Waals surface area contributed by atoms with Gasteiger partial charge in [-0.05, 0) is 70.6 Å². The standard InChI is InChI=1S/C27H25BrN2O3/c1-2-33-24-15-18(12-19(28)27(24)32)26-25-22(29-20-10-6-7-11-21(20)30-26)13-17(14-23(25)31)16-8-4-3-5-9-16/h3-12,15,17,26,29-30,32H,2,13-14H2,1H3/t17-,26-/m1/s1. The molecule has 5 nitrogen and oxygen atoms in total. The zero-order valence-corrected chi connectivity index (χ0v) is 19.9. The SMILES string of the molecule is CCOc1cc([C@H]2Nc3ccccc3NC3=C2C(=O)C[C@H](c2ccccc2)C3)cc(Br)c1O. The maximum Gasteiger partial charge on any atom is 0.172 e. The molecule has 5 rings (SSSR count). The minimum absolute atomic E-state index is 0.0565. The van der Waals surface area contributed by atoms with Gasteiger partial charge in [0, 0.05) is 17.7 Å². The monoisotopic (exact) mass is 504 g/mol. The number of rotatable bonds is 4. The predicted molar refractivity (Wildman–Crippen MR) is 134 cm³/mol. The Balaban J connectivity index is 1.64. The number of carbonyl (C=O) groups excluding carboxylic acids is 1. The third kappa shape index (κ3) is 4.11. The van der Waals surface area contributed by atoms with E-state index in [1.54, 1.807) is 0 Å². The Hall–Kier alpha value is -3.25. The third-order valence-corrected chi connectivity index (χ3v) is 6.87. The molecule has 1 aliphatic carbocycles. The van der Waals surface area contributed by atoms with Crippen molar-refractivity contribution in [3.8, 4) is 11.5 Å². The van der Waals surface area contributed by atoms with E-state index in [0.29, 0.717) is 23.2 Å². The summed E-state index contributed by atoms with van der Waals surface area (Å²) in [6.45, 7) is 2.30. The molecule has 0 saturated heterocycles. The van der Waals surface area contributed by atoms with Crippen LogP contribution in [0.2, 0.25) is 0 Å². The minimum Gasteiger partial charge on any atom is -0.503 e. The van der Waals surface area contributed by atoms with Crippen molar-refractivity contribution in [2.45, 2.75) is 31.7 Å². The van der Waals surface area contributed by atoms with Gasteiger partial charge in [-0.2, -0.15) is 0 Å². The molecule has 6 heteroatoms. The molecule has 1 aliphatic heterocycles. The number of allylic oxidation sites excluding steroid dienone is 1. The minimum atomic E-state index is -0.378. The highest BCUT2D eigenvalue weighted by atomic mass is 79.9. The van der Waals surface area contributed by atoms with Gasteiger partial charge in [-0.3, -0.25) is 4.79 Å². The molecule has 0 unspecified atom stereocenters. The molecule has 2 atom stereocenters. The second-order valence-electron chi connectivity index (χ2n) is 8.36. The van der Waals surface area contributed by atoms with Gasteiger partial charge in [-0.1, -0.05) is 42.5 Å². The van der Waals surface area contributed by atoms with E-state index in [0.717, 1.165) is 34.6 Å². The van der Waals surface area contributed by atoms with Crippen LogP contribution >= 0.6 is 15.9 Å². The van der Waals surface area contributed by atoms with Crippen molar-refractivity contribution in [2.24, 2.45) is 0 Å². The van der Waals surface area contributed by atoms with E-state index in [1.165, 1.54) is 5.56 Å². The van der Waals surface area contributed by atoms with E-state index in [9.17, 15) is 9.90 Å². The van der Waals surface area contributed by atoms with Crippen LogP contribution < -0.4 is 15.4 Å². The highest BCUT2D eigenvalue weighted by molar-refractivity contribution is 9.10. The molecule has 0 spiro atoms. The average molecular weight is 505 g/mol. The van der Waals surface area contributed by atoms with Gasteiger partial charge in [0.05, 0.1) is 28.5 Å². The molecule has 3 aromatic carbocycles. The number of anilines is 2. The Kier molecular flexibility index (Phi) is 5.85. The van der Waals surface area contributed by atoms with Crippen LogP contribution in [0.15, 0.2) is 82.5 Å². The van der Waals surface area contributed by atoms with Crippen LogP contribution in [0, 0.1) is 0 Å². The van der Waals surface area contributed by atoms with Gasteiger partial charge in [0.15, 0.2) is 17.3 Å². The van der Waals surface area contributed by atoms with Gasteiger partial charge in [0.25, 0.3) is 0 Å². The quantitative estimate of drug-likeness (QED) is 0.376. The van der Waals surface area contributed by atoms with Crippen molar-refractivity contribution in [3.63, 3.8) is 0 Å². The Morgan fingerprint density at radius 2 is 1.73 bits per heavy atom. The van der Waals surface area contributed by atoms with Gasteiger partial charge in [-0.15, -0.1) is 0 Å². The lowest BCUT2D eigenvalue weighted by Crippen LogP contribution is -2.27. The zero-order valence-electron chi connectivity index (χ0n) is 18.3. The largest absolute Gasteiger partial charge is 0.503 e. The fourth-order valence-electron chi connectivity index (χ4n) is 4.73. The first-order chi connectivity index (χ1) is 16.0. The molecule has 168 valence electrons. The number of hydrogen-bond donors (Lipinski definition) is 3. The smallest absolute Gasteiger partial charge is 0.172 e. The number of para-hydroxylation sites is 2. The summed E-state index contributed by atoms with van der Waals surface area (Å²) in [5, 5.41) is 17.6. The molecule has 33 heavy (non-hydrogen) atoms. The first-order valence-corrected chi connectivity index (χ1v) is 11.9. The number of halogens is 1. The highest BCUT2D eigenvalue weighted by Gasteiger charge is 2.36. The zero-order chi connectivity index (χ0) is 22.9. The summed E-state index contributed by atoms with van der Waals surface area (Å²) in [7, 11) is 0. The highest BCUT2D eigenvalue weighted by Crippen LogP contribution is 2.46. The molecule has 3 N–H and O–H groups in total. The summed E-state index contributed by atoms with van der Waals surface area (Å²) >= 11 is 3.45. The lowest BCUT2D eigenvalue weighted by atomic mass is 9.78. The number of carbonyl (C=O) groups is 1. The van der Waals surface area contributed by atoms with E-state index in [1.807, 2.05) is 61.5 Å². The molecular weight excluding hydrogens is 480 g/mol. The van der Waals surface area contributed by atoms with Crippen LogP contribution in [-0.4, -0.2) is 17.5 Å². The van der Waals surface area contributed by atoms with Crippen LogP contribution in [0.25, 0.3) is 0 Å². The van der Waals surface area contributed by atoms with E-state index in [2.05, 4.69) is 38.7 Å². The van der Waals surface area contributed by atoms with Gasteiger partial charge < -0.3 is 20.5 Å². The lowest BCUT2D eigenvalue weighted by Gasteiger charge is -2.30. The average Bonchev–Trinajstić information content (AvgIpc) is 2.99. The molecule has 3 aromatic rings. The Morgan fingerprint density at radius 3 is 2.48 bits per heavy atom. The summed E-state index contributed by atoms with van der Waals surface area (Å²) in [6.07, 6.45) is 1.20. The molecule has 1 heterocycles. The maximum absolute atomic E-state index is 13.6. The number of aromatic hydroxyl groups is 1. The number of Topliss-reactive ketones (excluding diaryl/α,β-unsaturated/α-hetero) is 1. The summed E-state index contributed by atoms with van der Waals surface area (Å²) in [6, 6.07) is 21.5. The Labute approximate surface area is 201 Å². The number of phenolic OH excluding ortho intramolecular Hbond substituents is 1. The summed E-state index contributed by atoms with van der Waals surface area (Å²) in [5.41, 5.74) is 5.55. The molecule has 0 aromatic heterocycles. The van der Waals surface area contributed by atoms with Gasteiger partial charge >= 0.3 is 0 Å². The topological polar surface area (TPSA) is 70.6 Å². The van der Waals surface area contributed by atoms with Gasteiger partial charge in [0.1, 0.15) is 0 Å². The Bertz CT molecular complexity index is 1240. The van der Waals surface area contributed by atoms with Crippen LogP contribution in [0.3, 0.4) is 0 Å². The normalized spacial score (nSPS) is 19.6. The van der Waals surface area contributed by atoms with E-state index in [-0.39, 0.29) is 23.5 Å². The Morgan fingerprint density at radius 1 is 1.00 bits per heavy atom. The molecule has 2 aliphatic rings. The summed E-state index contributed by atoms with van der Waals surface area (Å²) in [4.78, 5) is 13.6. The second kappa shape index (κ2) is 8.94. The molecule has 0 bridgehead atoms. The fourth-order valence-corrected chi connectivity index (χ4v) is 5.19. The maximum atomic E-state index is 13.6. The van der Waals surface area contributed by atoms with Crippen molar-refractivity contribution >= 4 is 33.1 Å². The first-order valence-electron chi connectivity index (χ1n) is 11.1. The van der Waals surface area contributed by atoms with E-state index in [4.69, 9.17) is 4.74 Å². The van der Waals surface area contributed by atoms with Crippen LogP contribution in [0.4, 0.5) is 11.4 Å². The number of benzene rings is 3. The van der Waals surface area contributed by atoms with E-state index >= 15 is 0 Å². The molecule has 0 amide bonds. The van der Waals surface area contributed by atoms with Crippen molar-refractivity contribution < 1.29 is 14.6 Å².